The topological polar surface area (TPSA) is 39.2 Å². The molecular formula is C15H15NO2. The maximum absolute atomic E-state index is 11.0. The third-order valence-electron chi connectivity index (χ3n) is 2.91. The quantitative estimate of drug-likeness (QED) is 0.755. The first-order chi connectivity index (χ1) is 8.83. The van der Waals surface area contributed by atoms with Crippen LogP contribution in [0.15, 0.2) is 42.7 Å². The largest absolute Gasteiger partial charge is 0.497 e. The van der Waals surface area contributed by atoms with E-state index < -0.39 is 0 Å². The van der Waals surface area contributed by atoms with Crippen LogP contribution in [-0.4, -0.2) is 18.4 Å². The normalized spacial score (nSPS) is 10.1. The van der Waals surface area contributed by atoms with Crippen molar-refractivity contribution >= 4 is 6.29 Å². The number of aromatic nitrogens is 1. The molecule has 2 aromatic rings. The average Bonchev–Trinajstić information content (AvgIpc) is 2.45. The molecule has 0 unspecified atom stereocenters. The molecule has 3 nitrogen and oxygen atoms in total. The van der Waals surface area contributed by atoms with Gasteiger partial charge in [-0.15, -0.1) is 0 Å². The minimum atomic E-state index is 0.727. The lowest BCUT2D eigenvalue weighted by Gasteiger charge is -2.07. The van der Waals surface area contributed by atoms with E-state index in [1.54, 1.807) is 31.6 Å². The van der Waals surface area contributed by atoms with Crippen LogP contribution in [0.1, 0.15) is 21.5 Å². The first-order valence-corrected chi connectivity index (χ1v) is 5.84. The van der Waals surface area contributed by atoms with Gasteiger partial charge >= 0.3 is 0 Å². The van der Waals surface area contributed by atoms with Crippen LogP contribution in [0.4, 0.5) is 0 Å². The fraction of sp³-hybridized carbons (Fsp3) is 0.200. The molecule has 0 aliphatic carbocycles. The standard InChI is InChI=1S/C15H15NO2/c1-18-15-5-4-14(11-17)13(10-15)3-2-12-6-8-16-9-7-12/h4-11H,2-3H2,1H3. The summed E-state index contributed by atoms with van der Waals surface area (Å²) in [5.74, 6) is 0.783. The third-order valence-corrected chi connectivity index (χ3v) is 2.91. The van der Waals surface area contributed by atoms with Crippen molar-refractivity contribution in [3.63, 3.8) is 0 Å². The summed E-state index contributed by atoms with van der Waals surface area (Å²) in [6, 6.07) is 9.50. The Morgan fingerprint density at radius 3 is 2.61 bits per heavy atom. The summed E-state index contributed by atoms with van der Waals surface area (Å²) in [7, 11) is 1.63. The van der Waals surface area contributed by atoms with Crippen molar-refractivity contribution in [1.29, 1.82) is 0 Å². The molecule has 2 rings (SSSR count). The van der Waals surface area contributed by atoms with E-state index in [9.17, 15) is 4.79 Å². The Hall–Kier alpha value is -2.16. The molecule has 92 valence electrons. The Morgan fingerprint density at radius 2 is 1.94 bits per heavy atom. The number of pyridine rings is 1. The molecule has 18 heavy (non-hydrogen) atoms. The zero-order chi connectivity index (χ0) is 12.8. The minimum Gasteiger partial charge on any atom is -0.497 e. The van der Waals surface area contributed by atoms with Crippen LogP contribution in [0.25, 0.3) is 0 Å². The van der Waals surface area contributed by atoms with E-state index in [0.717, 1.165) is 36.0 Å². The molecule has 0 saturated carbocycles. The van der Waals surface area contributed by atoms with Crippen LogP contribution in [0.5, 0.6) is 5.75 Å². The van der Waals surface area contributed by atoms with E-state index >= 15 is 0 Å². The summed E-state index contributed by atoms with van der Waals surface area (Å²) < 4.78 is 5.18. The molecule has 0 radical (unpaired) electrons. The van der Waals surface area contributed by atoms with Gasteiger partial charge in [-0.1, -0.05) is 0 Å². The van der Waals surface area contributed by atoms with Crippen LogP contribution in [0.3, 0.4) is 0 Å². The number of aldehydes is 1. The summed E-state index contributed by atoms with van der Waals surface area (Å²) in [6.45, 7) is 0. The van der Waals surface area contributed by atoms with E-state index in [4.69, 9.17) is 4.74 Å². The molecule has 0 aliphatic heterocycles. The smallest absolute Gasteiger partial charge is 0.150 e. The number of carbonyl (C=O) groups excluding carboxylic acids is 1. The Bertz CT molecular complexity index is 523. The highest BCUT2D eigenvalue weighted by molar-refractivity contribution is 5.77. The van der Waals surface area contributed by atoms with Gasteiger partial charge in [-0.2, -0.15) is 0 Å². The maximum atomic E-state index is 11.0. The zero-order valence-electron chi connectivity index (χ0n) is 10.3. The highest BCUT2D eigenvalue weighted by Crippen LogP contribution is 2.18. The number of nitrogens with zero attached hydrogens (tertiary/aromatic N) is 1. The molecule has 0 amide bonds. The van der Waals surface area contributed by atoms with E-state index in [1.165, 1.54) is 5.56 Å². The van der Waals surface area contributed by atoms with Gasteiger partial charge < -0.3 is 4.74 Å². The van der Waals surface area contributed by atoms with Crippen molar-refractivity contribution in [3.8, 4) is 5.75 Å². The molecule has 0 aliphatic rings. The Morgan fingerprint density at radius 1 is 1.17 bits per heavy atom. The first kappa shape index (κ1) is 12.3. The number of carbonyl (C=O) groups is 1. The van der Waals surface area contributed by atoms with Crippen molar-refractivity contribution in [3.05, 3.63) is 59.4 Å². The molecule has 0 spiro atoms. The number of rotatable bonds is 5. The van der Waals surface area contributed by atoms with E-state index in [1.807, 2.05) is 18.2 Å². The lowest BCUT2D eigenvalue weighted by Crippen LogP contribution is -1.97. The Kier molecular flexibility index (Phi) is 4.07. The predicted octanol–water partition coefficient (Wildman–Crippen LogP) is 2.69. The fourth-order valence-electron chi connectivity index (χ4n) is 1.87. The summed E-state index contributed by atoms with van der Waals surface area (Å²) >= 11 is 0. The van der Waals surface area contributed by atoms with Crippen LogP contribution in [-0.2, 0) is 12.8 Å². The average molecular weight is 241 g/mol. The van der Waals surface area contributed by atoms with Crippen LogP contribution in [0.2, 0.25) is 0 Å². The van der Waals surface area contributed by atoms with Gasteiger partial charge in [0.05, 0.1) is 7.11 Å². The van der Waals surface area contributed by atoms with Crippen molar-refractivity contribution < 1.29 is 9.53 Å². The lowest BCUT2D eigenvalue weighted by molar-refractivity contribution is 0.112. The van der Waals surface area contributed by atoms with Gasteiger partial charge in [-0.05, 0) is 54.3 Å². The lowest BCUT2D eigenvalue weighted by atomic mass is 10.0. The van der Waals surface area contributed by atoms with Gasteiger partial charge in [0.15, 0.2) is 0 Å². The molecule has 0 bridgehead atoms. The summed E-state index contributed by atoms with van der Waals surface area (Å²) in [5, 5.41) is 0. The van der Waals surface area contributed by atoms with E-state index in [2.05, 4.69) is 4.98 Å². The second kappa shape index (κ2) is 5.96. The van der Waals surface area contributed by atoms with Gasteiger partial charge in [0, 0.05) is 18.0 Å². The number of methoxy groups -OCH3 is 1. The molecule has 1 heterocycles. The summed E-state index contributed by atoms with van der Waals surface area (Å²) in [5.41, 5.74) is 2.95. The Balaban J connectivity index is 2.15. The summed E-state index contributed by atoms with van der Waals surface area (Å²) in [4.78, 5) is 15.0. The Labute approximate surface area is 106 Å². The van der Waals surface area contributed by atoms with Gasteiger partial charge in [0.1, 0.15) is 12.0 Å². The highest BCUT2D eigenvalue weighted by Gasteiger charge is 2.04. The fourth-order valence-corrected chi connectivity index (χ4v) is 1.87. The van der Waals surface area contributed by atoms with Crippen molar-refractivity contribution in [2.75, 3.05) is 7.11 Å². The molecule has 0 fully saturated rings. The second-order valence-corrected chi connectivity index (χ2v) is 4.04. The van der Waals surface area contributed by atoms with Gasteiger partial charge in [-0.3, -0.25) is 9.78 Å². The SMILES string of the molecule is COc1ccc(C=O)c(CCc2ccncc2)c1. The highest BCUT2D eigenvalue weighted by atomic mass is 16.5. The summed E-state index contributed by atoms with van der Waals surface area (Å²) in [6.07, 6.45) is 6.15. The molecule has 1 aromatic heterocycles. The van der Waals surface area contributed by atoms with Gasteiger partial charge in [0.2, 0.25) is 0 Å². The minimum absolute atomic E-state index is 0.727. The monoisotopic (exact) mass is 241 g/mol. The number of hydrogen-bond acceptors (Lipinski definition) is 3. The first-order valence-electron chi connectivity index (χ1n) is 5.84. The molecule has 0 saturated heterocycles. The number of ether oxygens (including phenoxy) is 1. The van der Waals surface area contributed by atoms with Gasteiger partial charge in [0.25, 0.3) is 0 Å². The van der Waals surface area contributed by atoms with Gasteiger partial charge in [-0.25, -0.2) is 0 Å². The second-order valence-electron chi connectivity index (χ2n) is 4.04. The molecule has 1 aromatic carbocycles. The molecular weight excluding hydrogens is 226 g/mol. The van der Waals surface area contributed by atoms with E-state index in [0.29, 0.717) is 0 Å². The van der Waals surface area contributed by atoms with Crippen molar-refractivity contribution in [2.45, 2.75) is 12.8 Å². The van der Waals surface area contributed by atoms with Crippen LogP contribution in [0, 0.1) is 0 Å². The molecule has 0 atom stereocenters. The number of aryl methyl sites for hydroxylation is 2. The predicted molar refractivity (Wildman–Crippen MR) is 70.0 cm³/mol. The van der Waals surface area contributed by atoms with Crippen LogP contribution >= 0.6 is 0 Å². The maximum Gasteiger partial charge on any atom is 0.150 e. The molecule has 0 N–H and O–H groups in total. The zero-order valence-corrected chi connectivity index (χ0v) is 10.3. The molecule has 3 heteroatoms. The van der Waals surface area contributed by atoms with Crippen LogP contribution < -0.4 is 4.74 Å². The van der Waals surface area contributed by atoms with E-state index in [-0.39, 0.29) is 0 Å². The third kappa shape index (κ3) is 2.94. The number of benzene rings is 1. The van der Waals surface area contributed by atoms with Crippen molar-refractivity contribution in [2.24, 2.45) is 0 Å². The number of hydrogen-bond donors (Lipinski definition) is 0. The van der Waals surface area contributed by atoms with Crippen molar-refractivity contribution in [1.82, 2.24) is 4.98 Å².